The van der Waals surface area contributed by atoms with E-state index in [1.165, 1.54) is 0 Å². The minimum atomic E-state index is -0.455. The van der Waals surface area contributed by atoms with E-state index in [0.717, 1.165) is 11.7 Å². The molecule has 3 N–H and O–H groups in total. The average molecular weight is 327 g/mol. The van der Waals surface area contributed by atoms with E-state index in [1.54, 1.807) is 0 Å². The summed E-state index contributed by atoms with van der Waals surface area (Å²) in [5.74, 6) is 0.524. The second-order valence-electron chi connectivity index (χ2n) is 4.33. The van der Waals surface area contributed by atoms with Gasteiger partial charge in [-0.1, -0.05) is 0 Å². The first-order chi connectivity index (χ1) is 10.7. The molecular formula is C10H13N7O4S. The van der Waals surface area contributed by atoms with E-state index in [1.807, 2.05) is 4.90 Å². The van der Waals surface area contributed by atoms with Gasteiger partial charge in [-0.3, -0.25) is 4.79 Å². The summed E-state index contributed by atoms with van der Waals surface area (Å²) >= 11 is 1.02. The van der Waals surface area contributed by atoms with E-state index in [4.69, 9.17) is 15.2 Å². The minimum Gasteiger partial charge on any atom is -0.464 e. The molecular weight excluding hydrogens is 314 g/mol. The summed E-state index contributed by atoms with van der Waals surface area (Å²) in [4.78, 5) is 13.8. The molecule has 1 aliphatic heterocycles. The van der Waals surface area contributed by atoms with Crippen LogP contribution in [0.3, 0.4) is 0 Å². The quantitative estimate of drug-likeness (QED) is 0.728. The Balaban J connectivity index is 1.56. The lowest BCUT2D eigenvalue weighted by molar-refractivity contribution is -0.118. The SMILES string of the molecule is Nc1nonc1NC(=O)COc1nsnc1N1CCOCC1. The highest BCUT2D eigenvalue weighted by Gasteiger charge is 2.20. The second kappa shape index (κ2) is 6.53. The molecule has 0 spiro atoms. The van der Waals surface area contributed by atoms with E-state index in [-0.39, 0.29) is 18.2 Å². The number of hydrogen-bond donors (Lipinski definition) is 2. The van der Waals surface area contributed by atoms with E-state index in [0.29, 0.717) is 38.0 Å². The van der Waals surface area contributed by atoms with Gasteiger partial charge in [0.05, 0.1) is 24.9 Å². The number of rotatable bonds is 5. The molecule has 118 valence electrons. The lowest BCUT2D eigenvalue weighted by Gasteiger charge is -2.26. The molecule has 12 heteroatoms. The number of nitrogen functional groups attached to an aromatic ring is 1. The standard InChI is InChI=1S/C10H13N7O4S/c11-7-8(14-21-13-7)12-6(18)5-20-10-9(15-22-16-10)17-1-3-19-4-2-17/h1-5H2,(H2,11,13)(H,12,14,18). The summed E-state index contributed by atoms with van der Waals surface area (Å²) in [6.45, 7) is 2.39. The molecule has 0 unspecified atom stereocenters. The van der Waals surface area contributed by atoms with Crippen LogP contribution in [0.2, 0.25) is 0 Å². The molecule has 0 atom stereocenters. The summed E-state index contributed by atoms with van der Waals surface area (Å²) in [5, 5.41) is 9.21. The lowest BCUT2D eigenvalue weighted by Crippen LogP contribution is -2.36. The monoisotopic (exact) mass is 327 g/mol. The molecule has 0 bridgehead atoms. The van der Waals surface area contributed by atoms with Crippen molar-refractivity contribution in [1.29, 1.82) is 0 Å². The molecule has 1 aliphatic rings. The zero-order chi connectivity index (χ0) is 15.4. The predicted octanol–water partition coefficient (Wildman–Crippen LogP) is -0.643. The smallest absolute Gasteiger partial charge is 0.271 e. The Morgan fingerprint density at radius 1 is 1.36 bits per heavy atom. The number of nitrogens with zero attached hydrogens (tertiary/aromatic N) is 5. The number of amides is 1. The van der Waals surface area contributed by atoms with Crippen LogP contribution in [-0.4, -0.2) is 57.9 Å². The van der Waals surface area contributed by atoms with Gasteiger partial charge < -0.3 is 25.4 Å². The van der Waals surface area contributed by atoms with Crippen LogP contribution in [0.1, 0.15) is 0 Å². The Hall–Kier alpha value is -2.47. The number of hydrogen-bond acceptors (Lipinski definition) is 11. The average Bonchev–Trinajstić information content (AvgIpc) is 3.16. The van der Waals surface area contributed by atoms with E-state index < -0.39 is 5.91 Å². The predicted molar refractivity (Wildman–Crippen MR) is 75.8 cm³/mol. The summed E-state index contributed by atoms with van der Waals surface area (Å²) in [6.07, 6.45) is 0. The van der Waals surface area contributed by atoms with Crippen LogP contribution in [0.4, 0.5) is 17.5 Å². The van der Waals surface area contributed by atoms with Gasteiger partial charge in [0.25, 0.3) is 11.8 Å². The first-order valence-corrected chi connectivity index (χ1v) is 7.13. The molecule has 0 radical (unpaired) electrons. The zero-order valence-electron chi connectivity index (χ0n) is 11.4. The van der Waals surface area contributed by atoms with Crippen LogP contribution < -0.4 is 20.7 Å². The van der Waals surface area contributed by atoms with Crippen LogP contribution >= 0.6 is 11.7 Å². The third-order valence-electron chi connectivity index (χ3n) is 2.86. The molecule has 1 amide bonds. The normalized spacial score (nSPS) is 14.8. The number of carbonyl (C=O) groups is 1. The molecule has 2 aromatic rings. The van der Waals surface area contributed by atoms with Gasteiger partial charge in [0, 0.05) is 13.1 Å². The lowest BCUT2D eigenvalue weighted by atomic mass is 10.4. The molecule has 0 saturated carbocycles. The van der Waals surface area contributed by atoms with Gasteiger partial charge in [0.1, 0.15) is 0 Å². The minimum absolute atomic E-state index is 0.00215. The van der Waals surface area contributed by atoms with Gasteiger partial charge in [0.2, 0.25) is 17.5 Å². The maximum atomic E-state index is 11.8. The van der Waals surface area contributed by atoms with Gasteiger partial charge in [-0.2, -0.15) is 4.37 Å². The van der Waals surface area contributed by atoms with E-state index in [2.05, 4.69) is 29.0 Å². The molecule has 1 saturated heterocycles. The van der Waals surface area contributed by atoms with Gasteiger partial charge >= 0.3 is 0 Å². The van der Waals surface area contributed by atoms with Crippen LogP contribution in [-0.2, 0) is 9.53 Å². The Bertz CT molecular complexity index is 639. The summed E-state index contributed by atoms with van der Waals surface area (Å²) < 4.78 is 23.3. The number of ether oxygens (including phenoxy) is 2. The molecule has 3 heterocycles. The number of carbonyl (C=O) groups excluding carboxylic acids is 1. The third-order valence-corrected chi connectivity index (χ3v) is 3.37. The fourth-order valence-electron chi connectivity index (χ4n) is 1.82. The van der Waals surface area contributed by atoms with Crippen molar-refractivity contribution in [3.05, 3.63) is 0 Å². The van der Waals surface area contributed by atoms with Crippen molar-refractivity contribution in [2.75, 3.05) is 48.9 Å². The largest absolute Gasteiger partial charge is 0.464 e. The van der Waals surface area contributed by atoms with Crippen LogP contribution in [0, 0.1) is 0 Å². The van der Waals surface area contributed by atoms with Crippen LogP contribution in [0.5, 0.6) is 5.88 Å². The van der Waals surface area contributed by atoms with Gasteiger partial charge in [-0.25, -0.2) is 4.63 Å². The topological polar surface area (TPSA) is 142 Å². The highest BCUT2D eigenvalue weighted by atomic mass is 32.1. The molecule has 11 nitrogen and oxygen atoms in total. The summed E-state index contributed by atoms with van der Waals surface area (Å²) in [7, 11) is 0. The number of morpholine rings is 1. The maximum Gasteiger partial charge on any atom is 0.271 e. The highest BCUT2D eigenvalue weighted by molar-refractivity contribution is 6.99. The fourth-order valence-corrected chi connectivity index (χ4v) is 2.34. The highest BCUT2D eigenvalue weighted by Crippen LogP contribution is 2.26. The first kappa shape index (κ1) is 14.5. The van der Waals surface area contributed by atoms with Crippen molar-refractivity contribution in [1.82, 2.24) is 19.1 Å². The number of nitrogens with two attached hydrogens (primary N) is 1. The second-order valence-corrected chi connectivity index (χ2v) is 4.86. The van der Waals surface area contributed by atoms with E-state index in [9.17, 15) is 4.79 Å². The maximum absolute atomic E-state index is 11.8. The summed E-state index contributed by atoms with van der Waals surface area (Å²) in [5.41, 5.74) is 5.44. The van der Waals surface area contributed by atoms with Crippen LogP contribution in [0.25, 0.3) is 0 Å². The number of aromatic nitrogens is 4. The molecule has 2 aromatic heterocycles. The number of anilines is 3. The molecule has 0 aliphatic carbocycles. The Morgan fingerprint density at radius 3 is 2.91 bits per heavy atom. The summed E-state index contributed by atoms with van der Waals surface area (Å²) in [6, 6.07) is 0. The van der Waals surface area contributed by atoms with Crippen molar-refractivity contribution in [3.63, 3.8) is 0 Å². The molecule has 0 aromatic carbocycles. The van der Waals surface area contributed by atoms with Gasteiger partial charge in [0.15, 0.2) is 6.61 Å². The van der Waals surface area contributed by atoms with Gasteiger partial charge in [-0.05, 0) is 10.3 Å². The van der Waals surface area contributed by atoms with Crippen LogP contribution in [0.15, 0.2) is 4.63 Å². The fraction of sp³-hybridized carbons (Fsp3) is 0.500. The van der Waals surface area contributed by atoms with Crippen molar-refractivity contribution < 1.29 is 18.9 Å². The molecule has 22 heavy (non-hydrogen) atoms. The van der Waals surface area contributed by atoms with Gasteiger partial charge in [-0.15, -0.1) is 4.37 Å². The van der Waals surface area contributed by atoms with Crippen molar-refractivity contribution in [2.24, 2.45) is 0 Å². The van der Waals surface area contributed by atoms with Crippen molar-refractivity contribution in [2.45, 2.75) is 0 Å². The zero-order valence-corrected chi connectivity index (χ0v) is 12.2. The Morgan fingerprint density at radius 2 is 2.18 bits per heavy atom. The third kappa shape index (κ3) is 3.23. The van der Waals surface area contributed by atoms with E-state index >= 15 is 0 Å². The Labute approximate surface area is 128 Å². The first-order valence-electron chi connectivity index (χ1n) is 6.40. The van der Waals surface area contributed by atoms with Crippen molar-refractivity contribution in [3.8, 4) is 5.88 Å². The number of nitrogens with one attached hydrogen (secondary N) is 1. The van der Waals surface area contributed by atoms with Crippen molar-refractivity contribution >= 4 is 35.1 Å². The molecule has 3 rings (SSSR count). The molecule has 1 fully saturated rings. The Kier molecular flexibility index (Phi) is 4.29.